The molecule has 2 N–H and O–H groups in total. The van der Waals surface area contributed by atoms with E-state index in [4.69, 9.17) is 4.42 Å². The van der Waals surface area contributed by atoms with Gasteiger partial charge in [0.05, 0.1) is 18.7 Å². The number of amides is 1. The van der Waals surface area contributed by atoms with Gasteiger partial charge in [0.1, 0.15) is 5.76 Å². The Balaban J connectivity index is 1.61. The normalized spacial score (nSPS) is 22.1. The first-order valence-electron chi connectivity index (χ1n) is 7.27. The number of carbonyl (C=O) groups is 1. The van der Waals surface area contributed by atoms with Crippen molar-refractivity contribution in [1.29, 1.82) is 0 Å². The second kappa shape index (κ2) is 6.13. The van der Waals surface area contributed by atoms with E-state index in [1.807, 2.05) is 12.3 Å². The van der Waals surface area contributed by atoms with Crippen molar-refractivity contribution in [1.82, 2.24) is 15.1 Å². The first-order chi connectivity index (χ1) is 10.2. The van der Waals surface area contributed by atoms with Gasteiger partial charge in [0.25, 0.3) is 5.91 Å². The fourth-order valence-corrected chi connectivity index (χ4v) is 2.66. The van der Waals surface area contributed by atoms with Crippen molar-refractivity contribution >= 4 is 5.91 Å². The summed E-state index contributed by atoms with van der Waals surface area (Å²) in [5.41, 5.74) is 0. The van der Waals surface area contributed by atoms with E-state index < -0.39 is 6.10 Å². The Hall–Kier alpha value is -2.08. The summed E-state index contributed by atoms with van der Waals surface area (Å²) in [7, 11) is 0. The summed E-state index contributed by atoms with van der Waals surface area (Å²) < 4.78 is 7.27. The van der Waals surface area contributed by atoms with Gasteiger partial charge in [-0.3, -0.25) is 9.48 Å². The van der Waals surface area contributed by atoms with Gasteiger partial charge in [0, 0.05) is 12.4 Å². The van der Waals surface area contributed by atoms with Crippen molar-refractivity contribution in [2.45, 2.75) is 44.4 Å². The smallest absolute Gasteiger partial charge is 0.287 e. The molecule has 0 aliphatic heterocycles. The molecule has 6 nitrogen and oxygen atoms in total. The third-order valence-electron chi connectivity index (χ3n) is 3.81. The van der Waals surface area contributed by atoms with Gasteiger partial charge in [0.2, 0.25) is 0 Å². The molecule has 21 heavy (non-hydrogen) atoms. The molecule has 0 spiro atoms. The van der Waals surface area contributed by atoms with Crippen LogP contribution in [0.1, 0.15) is 42.0 Å². The summed E-state index contributed by atoms with van der Waals surface area (Å²) in [6.07, 6.45) is 6.68. The Kier molecular flexibility index (Phi) is 4.06. The van der Waals surface area contributed by atoms with Crippen LogP contribution in [0.3, 0.4) is 0 Å². The van der Waals surface area contributed by atoms with Crippen LogP contribution in [0.4, 0.5) is 0 Å². The predicted molar refractivity (Wildman–Crippen MR) is 75.8 cm³/mol. The number of rotatable bonds is 4. The molecular weight excluding hydrogens is 270 g/mol. The summed E-state index contributed by atoms with van der Waals surface area (Å²) in [6.45, 7) is 0.492. The van der Waals surface area contributed by atoms with E-state index in [1.165, 1.54) is 0 Å². The van der Waals surface area contributed by atoms with Crippen LogP contribution in [-0.4, -0.2) is 32.9 Å². The van der Waals surface area contributed by atoms with Gasteiger partial charge in [-0.05, 0) is 31.0 Å². The summed E-state index contributed by atoms with van der Waals surface area (Å²) in [5.74, 6) is 0.677. The molecule has 1 saturated carbocycles. The number of nitrogens with zero attached hydrogens (tertiary/aromatic N) is 2. The Labute approximate surface area is 122 Å². The van der Waals surface area contributed by atoms with Crippen molar-refractivity contribution in [3.63, 3.8) is 0 Å². The van der Waals surface area contributed by atoms with Crippen molar-refractivity contribution in [2.24, 2.45) is 0 Å². The summed E-state index contributed by atoms with van der Waals surface area (Å²) >= 11 is 0. The molecule has 1 aliphatic carbocycles. The summed E-state index contributed by atoms with van der Waals surface area (Å²) in [5, 5.41) is 16.8. The molecule has 0 aromatic carbocycles. The van der Waals surface area contributed by atoms with Crippen molar-refractivity contribution in [3.8, 4) is 0 Å². The molecule has 112 valence electrons. The predicted octanol–water partition coefficient (Wildman–Crippen LogP) is 1.56. The van der Waals surface area contributed by atoms with Crippen molar-refractivity contribution in [3.05, 3.63) is 42.1 Å². The fraction of sp³-hybridized carbons (Fsp3) is 0.467. The lowest BCUT2D eigenvalue weighted by atomic mass is 9.92. The van der Waals surface area contributed by atoms with E-state index in [9.17, 15) is 9.90 Å². The van der Waals surface area contributed by atoms with E-state index in [2.05, 4.69) is 10.4 Å². The number of hydrogen-bond acceptors (Lipinski definition) is 4. The van der Waals surface area contributed by atoms with Crippen LogP contribution >= 0.6 is 0 Å². The molecule has 3 rings (SSSR count). The van der Waals surface area contributed by atoms with Crippen LogP contribution in [0.5, 0.6) is 0 Å². The van der Waals surface area contributed by atoms with Crippen LogP contribution in [-0.2, 0) is 6.54 Å². The molecule has 1 fully saturated rings. The van der Waals surface area contributed by atoms with E-state index in [0.717, 1.165) is 25.7 Å². The highest BCUT2D eigenvalue weighted by Crippen LogP contribution is 2.19. The first kappa shape index (κ1) is 13.9. The third-order valence-corrected chi connectivity index (χ3v) is 3.81. The van der Waals surface area contributed by atoms with E-state index in [1.54, 1.807) is 23.0 Å². The lowest BCUT2D eigenvalue weighted by Gasteiger charge is -2.27. The maximum atomic E-state index is 12.1. The van der Waals surface area contributed by atoms with E-state index >= 15 is 0 Å². The fourth-order valence-electron chi connectivity index (χ4n) is 2.66. The average Bonchev–Trinajstić information content (AvgIpc) is 3.13. The molecule has 1 aliphatic rings. The van der Waals surface area contributed by atoms with E-state index in [-0.39, 0.29) is 17.7 Å². The quantitative estimate of drug-likeness (QED) is 0.895. The number of furan rings is 1. The number of hydrogen-bond donors (Lipinski definition) is 2. The maximum Gasteiger partial charge on any atom is 0.287 e. The van der Waals surface area contributed by atoms with Gasteiger partial charge in [-0.25, -0.2) is 0 Å². The van der Waals surface area contributed by atoms with Crippen LogP contribution in [0.25, 0.3) is 0 Å². The molecule has 0 unspecified atom stereocenters. The maximum absolute atomic E-state index is 12.1. The highest BCUT2D eigenvalue weighted by atomic mass is 16.4. The Bertz CT molecular complexity index is 591. The van der Waals surface area contributed by atoms with Crippen LogP contribution in [0, 0.1) is 0 Å². The van der Waals surface area contributed by atoms with Gasteiger partial charge < -0.3 is 14.8 Å². The molecular formula is C15H19N3O3. The zero-order chi connectivity index (χ0) is 14.7. The minimum Gasteiger partial charge on any atom is -0.454 e. The highest BCUT2D eigenvalue weighted by Gasteiger charge is 2.25. The number of aliphatic hydroxyl groups excluding tert-OH is 1. The minimum atomic E-state index is -0.457. The van der Waals surface area contributed by atoms with Gasteiger partial charge in [-0.2, -0.15) is 5.10 Å². The Morgan fingerprint density at radius 1 is 1.43 bits per heavy atom. The molecule has 2 atom stereocenters. The first-order valence-corrected chi connectivity index (χ1v) is 7.27. The minimum absolute atomic E-state index is 0.175. The summed E-state index contributed by atoms with van der Waals surface area (Å²) in [6, 6.07) is 5.09. The second-order valence-electron chi connectivity index (χ2n) is 5.40. The van der Waals surface area contributed by atoms with Crippen LogP contribution in [0.15, 0.2) is 35.0 Å². The zero-order valence-electron chi connectivity index (χ0n) is 11.7. The Morgan fingerprint density at radius 3 is 3.05 bits per heavy atom. The SMILES string of the molecule is O=C(N[C@H]1CCCC[C@@H]1O)c1ccc(Cn2cccn2)o1. The zero-order valence-corrected chi connectivity index (χ0v) is 11.7. The monoisotopic (exact) mass is 289 g/mol. The second-order valence-corrected chi connectivity index (χ2v) is 5.40. The van der Waals surface area contributed by atoms with E-state index in [0.29, 0.717) is 12.3 Å². The molecule has 6 heteroatoms. The topological polar surface area (TPSA) is 80.3 Å². The number of aromatic nitrogens is 2. The highest BCUT2D eigenvalue weighted by molar-refractivity contribution is 5.91. The molecule has 0 radical (unpaired) electrons. The van der Waals surface area contributed by atoms with Crippen LogP contribution in [0.2, 0.25) is 0 Å². The summed E-state index contributed by atoms with van der Waals surface area (Å²) in [4.78, 5) is 12.1. The molecule has 2 aromatic heterocycles. The van der Waals surface area contributed by atoms with Gasteiger partial charge in [-0.1, -0.05) is 12.8 Å². The molecule has 2 heterocycles. The molecule has 1 amide bonds. The number of carbonyl (C=O) groups excluding carboxylic acids is 1. The van der Waals surface area contributed by atoms with Gasteiger partial charge in [0.15, 0.2) is 5.76 Å². The number of aliphatic hydroxyl groups is 1. The molecule has 0 saturated heterocycles. The third kappa shape index (κ3) is 3.33. The average molecular weight is 289 g/mol. The molecule has 0 bridgehead atoms. The van der Waals surface area contributed by atoms with Crippen molar-refractivity contribution < 1.29 is 14.3 Å². The lowest BCUT2D eigenvalue weighted by Crippen LogP contribution is -2.44. The standard InChI is InChI=1S/C15H19N3O3/c19-13-5-2-1-4-12(13)17-15(20)14-7-6-11(21-14)10-18-9-3-8-16-18/h3,6-9,12-13,19H,1-2,4-5,10H2,(H,17,20)/t12-,13-/m0/s1. The Morgan fingerprint density at radius 2 is 2.29 bits per heavy atom. The van der Waals surface area contributed by atoms with Crippen LogP contribution < -0.4 is 5.32 Å². The van der Waals surface area contributed by atoms with Crippen molar-refractivity contribution in [2.75, 3.05) is 0 Å². The largest absolute Gasteiger partial charge is 0.454 e. The molecule has 2 aromatic rings. The lowest BCUT2D eigenvalue weighted by molar-refractivity contribution is 0.0697. The van der Waals surface area contributed by atoms with Gasteiger partial charge >= 0.3 is 0 Å². The van der Waals surface area contributed by atoms with Gasteiger partial charge in [-0.15, -0.1) is 0 Å². The number of nitrogens with one attached hydrogen (secondary N) is 1.